The third-order valence-corrected chi connectivity index (χ3v) is 6.34. The molecule has 0 fully saturated rings. The van der Waals surface area contributed by atoms with Gasteiger partial charge in [-0.25, -0.2) is 0 Å². The van der Waals surface area contributed by atoms with E-state index in [-0.39, 0.29) is 41.1 Å². The van der Waals surface area contributed by atoms with E-state index in [0.29, 0.717) is 0 Å². The molecule has 5 heteroatoms. The third-order valence-electron chi connectivity index (χ3n) is 5.26. The fraction of sp³-hybridized carbons (Fsp3) is 0.400. The molecule has 3 aromatic rings. The van der Waals surface area contributed by atoms with Crippen molar-refractivity contribution in [2.45, 2.75) is 78.6 Å². The molecule has 196 valence electrons. The Hall–Kier alpha value is -0.470. The Morgan fingerprint density at radius 2 is 0.600 bits per heavy atom. The summed E-state index contributed by atoms with van der Waals surface area (Å²) in [7, 11) is 8.16. The molecule has 0 radical (unpaired) electrons. The second-order valence-electron chi connectivity index (χ2n) is 11.6. The van der Waals surface area contributed by atoms with E-state index in [1.807, 2.05) is 0 Å². The van der Waals surface area contributed by atoms with Crippen molar-refractivity contribution in [1.82, 2.24) is 0 Å². The van der Waals surface area contributed by atoms with Gasteiger partial charge in [-0.05, 0) is 48.8 Å². The highest BCUT2D eigenvalue weighted by Gasteiger charge is 2.13. The maximum atomic E-state index is 2.72. The van der Waals surface area contributed by atoms with E-state index in [1.165, 1.54) is 32.6 Å². The molecule has 0 N–H and O–H groups in total. The van der Waals surface area contributed by atoms with Crippen LogP contribution in [-0.2, 0) is 16.2 Å². The van der Waals surface area contributed by atoms with Crippen LogP contribution in [0.25, 0.3) is 0 Å². The van der Waals surface area contributed by atoms with E-state index in [9.17, 15) is 0 Å². The Morgan fingerprint density at radius 3 is 0.714 bits per heavy atom. The normalized spacial score (nSPS) is 11.0. The molecule has 3 aromatic carbocycles. The highest BCUT2D eigenvalue weighted by molar-refractivity contribution is 7.27. The largest absolute Gasteiger partial charge is 0.147 e. The Morgan fingerprint density at radius 1 is 0.400 bits per heavy atom. The second-order valence-corrected chi connectivity index (χ2v) is 13.6. The van der Waals surface area contributed by atoms with Crippen molar-refractivity contribution in [3.05, 3.63) is 89.5 Å². The molecule has 0 aliphatic heterocycles. The molecular weight excluding hydrogens is 524 g/mol. The minimum atomic E-state index is 0. The van der Waals surface area contributed by atoms with Crippen molar-refractivity contribution in [1.29, 1.82) is 0 Å². The van der Waals surface area contributed by atoms with Crippen LogP contribution in [0.5, 0.6) is 0 Å². The molecule has 0 saturated carbocycles. The minimum absolute atomic E-state index is 0. The Kier molecular flexibility index (Phi) is 16.5. The average molecular weight is 572 g/mol. The van der Waals surface area contributed by atoms with Crippen molar-refractivity contribution < 1.29 is 0 Å². The van der Waals surface area contributed by atoms with Gasteiger partial charge in [0.05, 0.1) is 0 Å². The van der Waals surface area contributed by atoms with Gasteiger partial charge in [0.1, 0.15) is 0 Å². The molecule has 35 heavy (non-hydrogen) atoms. The number of halogens is 2. The Balaban J connectivity index is 0. The summed E-state index contributed by atoms with van der Waals surface area (Å²) in [6, 6.07) is 25.8. The first-order valence-corrected chi connectivity index (χ1v) is 13.3. The van der Waals surface area contributed by atoms with E-state index in [2.05, 4.69) is 163 Å². The summed E-state index contributed by atoms with van der Waals surface area (Å²) in [4.78, 5) is 0. The molecular formula is C30H47Cl2P3. The fourth-order valence-electron chi connectivity index (χ4n) is 3.02. The third kappa shape index (κ3) is 14.8. The lowest BCUT2D eigenvalue weighted by Crippen LogP contribution is -2.12. The Labute approximate surface area is 235 Å². The van der Waals surface area contributed by atoms with E-state index in [1.54, 1.807) is 0 Å². The Bertz CT molecular complexity index is 879. The van der Waals surface area contributed by atoms with Crippen LogP contribution in [0.1, 0.15) is 79.0 Å². The zero-order valence-electron chi connectivity index (χ0n) is 23.0. The number of hydrogen-bond donors (Lipinski definition) is 0. The van der Waals surface area contributed by atoms with Gasteiger partial charge in [0.2, 0.25) is 0 Å². The van der Waals surface area contributed by atoms with Gasteiger partial charge in [-0.2, -0.15) is 0 Å². The molecule has 0 amide bonds. The van der Waals surface area contributed by atoms with Gasteiger partial charge in [-0.1, -0.05) is 135 Å². The van der Waals surface area contributed by atoms with Crippen LogP contribution in [0, 0.1) is 0 Å². The lowest BCUT2D eigenvalue weighted by atomic mass is 9.87. The van der Waals surface area contributed by atoms with Gasteiger partial charge < -0.3 is 0 Å². The predicted molar refractivity (Wildman–Crippen MR) is 178 cm³/mol. The summed E-state index contributed by atoms with van der Waals surface area (Å²) >= 11 is 0. The highest BCUT2D eigenvalue weighted by Crippen LogP contribution is 2.22. The van der Waals surface area contributed by atoms with Gasteiger partial charge >= 0.3 is 0 Å². The van der Waals surface area contributed by atoms with Gasteiger partial charge in [0, 0.05) is 0 Å². The van der Waals surface area contributed by atoms with E-state index < -0.39 is 0 Å². The summed E-state index contributed by atoms with van der Waals surface area (Å²) in [6.07, 6.45) is 0. The van der Waals surface area contributed by atoms with Gasteiger partial charge in [-0.15, -0.1) is 52.5 Å². The maximum Gasteiger partial charge on any atom is -0.0132 e. The number of hydrogen-bond acceptors (Lipinski definition) is 0. The molecule has 0 aromatic heterocycles. The molecule has 3 atom stereocenters. The van der Waals surface area contributed by atoms with Crippen LogP contribution in [0.2, 0.25) is 0 Å². The molecule has 3 unspecified atom stereocenters. The van der Waals surface area contributed by atoms with Crippen LogP contribution in [0.15, 0.2) is 72.8 Å². The molecule has 0 aliphatic carbocycles. The van der Waals surface area contributed by atoms with Gasteiger partial charge in [-0.3, -0.25) is 0 Å². The summed E-state index contributed by atoms with van der Waals surface area (Å²) in [5, 5.41) is 3.78. The standard InChI is InChI=1S/3C10H15P.2ClH/c3*1-10(2,3)8-5-4-6-9(11)7-8;;/h3*4-7H,11H2,1-3H3;2*1H. The van der Waals surface area contributed by atoms with Crippen molar-refractivity contribution >= 4 is 68.4 Å². The van der Waals surface area contributed by atoms with Gasteiger partial charge in [0.15, 0.2) is 0 Å². The van der Waals surface area contributed by atoms with Crippen molar-refractivity contribution in [2.75, 3.05) is 0 Å². The predicted octanol–water partition coefficient (Wildman–Crippen LogP) is 8.30. The summed E-state index contributed by atoms with van der Waals surface area (Å²) in [5.74, 6) is 0. The number of benzene rings is 3. The van der Waals surface area contributed by atoms with Crippen LogP contribution in [0.3, 0.4) is 0 Å². The van der Waals surface area contributed by atoms with E-state index >= 15 is 0 Å². The fourth-order valence-corrected chi connectivity index (χ4v) is 3.89. The molecule has 0 heterocycles. The molecule has 3 rings (SSSR count). The monoisotopic (exact) mass is 570 g/mol. The van der Waals surface area contributed by atoms with E-state index in [4.69, 9.17) is 0 Å². The molecule has 0 nitrogen and oxygen atoms in total. The molecule has 0 bridgehead atoms. The first-order chi connectivity index (χ1) is 15.0. The quantitative estimate of drug-likeness (QED) is 0.238. The lowest BCUT2D eigenvalue weighted by molar-refractivity contribution is 0.590. The first-order valence-electron chi connectivity index (χ1n) is 11.6. The number of rotatable bonds is 0. The van der Waals surface area contributed by atoms with Crippen LogP contribution in [-0.4, -0.2) is 0 Å². The van der Waals surface area contributed by atoms with Gasteiger partial charge in [0.25, 0.3) is 0 Å². The summed E-state index contributed by atoms with van der Waals surface area (Å²) < 4.78 is 0. The molecule has 0 aliphatic rings. The van der Waals surface area contributed by atoms with E-state index in [0.717, 1.165) is 0 Å². The lowest BCUT2D eigenvalue weighted by Gasteiger charge is -2.18. The zero-order chi connectivity index (χ0) is 25.4. The average Bonchev–Trinajstić information content (AvgIpc) is 2.67. The highest BCUT2D eigenvalue weighted by atomic mass is 35.5. The first kappa shape index (κ1) is 36.7. The summed E-state index contributed by atoms with van der Waals surface area (Å²) in [6.45, 7) is 20.1. The SMILES string of the molecule is CC(C)(C)c1cccc(P)c1.CC(C)(C)c1cccc(P)c1.CC(C)(C)c1cccc(P)c1.Cl.Cl. The van der Waals surface area contributed by atoms with Crippen LogP contribution < -0.4 is 15.9 Å². The second kappa shape index (κ2) is 15.7. The molecule has 0 spiro atoms. The summed E-state index contributed by atoms with van der Waals surface area (Å²) in [5.41, 5.74) is 4.99. The van der Waals surface area contributed by atoms with Crippen molar-refractivity contribution in [3.63, 3.8) is 0 Å². The van der Waals surface area contributed by atoms with Crippen LogP contribution in [0.4, 0.5) is 0 Å². The topological polar surface area (TPSA) is 0 Å². The maximum absolute atomic E-state index is 2.72. The van der Waals surface area contributed by atoms with Crippen LogP contribution >= 0.6 is 52.5 Å². The minimum Gasteiger partial charge on any atom is -0.147 e. The smallest absolute Gasteiger partial charge is 0.0132 e. The van der Waals surface area contributed by atoms with Crippen molar-refractivity contribution in [2.24, 2.45) is 0 Å². The van der Waals surface area contributed by atoms with Crippen molar-refractivity contribution in [3.8, 4) is 0 Å². The zero-order valence-corrected chi connectivity index (χ0v) is 28.1. The molecule has 0 saturated heterocycles.